The predicted octanol–water partition coefficient (Wildman–Crippen LogP) is 5.88. The van der Waals surface area contributed by atoms with E-state index in [-0.39, 0.29) is 29.7 Å². The summed E-state index contributed by atoms with van der Waals surface area (Å²) < 4.78 is 1.94. The molecule has 2 unspecified atom stereocenters. The molecule has 2 heterocycles. The Morgan fingerprint density at radius 3 is 2.56 bits per heavy atom. The molecule has 11 heteroatoms. The Balaban J connectivity index is 0.000000287. The summed E-state index contributed by atoms with van der Waals surface area (Å²) in [5, 5.41) is 16.9. The van der Waals surface area contributed by atoms with E-state index in [0.29, 0.717) is 11.1 Å². The van der Waals surface area contributed by atoms with Crippen LogP contribution >= 0.6 is 11.6 Å². The number of hydrogen-bond acceptors (Lipinski definition) is 5. The molecule has 1 aromatic heterocycles. The number of amides is 4. The topological polar surface area (TPSA) is 115 Å². The molecule has 10 nitrogen and oxygen atoms in total. The molecule has 262 valence electrons. The molecular formula is C37H55ClN8O2. The quantitative estimate of drug-likeness (QED) is 0.224. The number of fused-ring (bicyclic) bond motifs is 1. The molecule has 4 amide bonds. The largest absolute Gasteiger partial charge is 0.336 e. The Morgan fingerprint density at radius 2 is 1.90 bits per heavy atom. The molecule has 2 aromatic rings. The lowest BCUT2D eigenvalue weighted by molar-refractivity contribution is 0.182. The van der Waals surface area contributed by atoms with Crippen molar-refractivity contribution in [3.8, 4) is 0 Å². The fourth-order valence-electron chi connectivity index (χ4n) is 6.40. The maximum absolute atomic E-state index is 12.9. The van der Waals surface area contributed by atoms with Crippen molar-refractivity contribution in [2.45, 2.75) is 89.4 Å². The van der Waals surface area contributed by atoms with Crippen molar-refractivity contribution in [1.29, 1.82) is 0 Å². The molecule has 2 fully saturated rings. The third kappa shape index (κ3) is 11.5. The zero-order chi connectivity index (χ0) is 34.5. The number of urea groups is 2. The molecule has 5 N–H and O–H groups in total. The van der Waals surface area contributed by atoms with Crippen LogP contribution in [0.5, 0.6) is 0 Å². The molecule has 48 heavy (non-hydrogen) atoms. The summed E-state index contributed by atoms with van der Waals surface area (Å²) in [4.78, 5) is 31.0. The zero-order valence-electron chi connectivity index (χ0n) is 29.2. The van der Waals surface area contributed by atoms with Crippen molar-refractivity contribution in [3.05, 3.63) is 83.4 Å². The summed E-state index contributed by atoms with van der Waals surface area (Å²) in [6.07, 6.45) is 19.4. The van der Waals surface area contributed by atoms with E-state index in [1.807, 2.05) is 55.5 Å². The lowest BCUT2D eigenvalue weighted by Gasteiger charge is -2.31. The van der Waals surface area contributed by atoms with E-state index in [4.69, 9.17) is 11.6 Å². The van der Waals surface area contributed by atoms with Crippen molar-refractivity contribution in [2.24, 2.45) is 7.05 Å². The van der Waals surface area contributed by atoms with Gasteiger partial charge in [-0.3, -0.25) is 0 Å². The van der Waals surface area contributed by atoms with Crippen molar-refractivity contribution in [1.82, 2.24) is 41.0 Å². The maximum Gasteiger partial charge on any atom is 0.317 e. The average molecular weight is 679 g/mol. The zero-order valence-corrected chi connectivity index (χ0v) is 29.9. The highest BCUT2D eigenvalue weighted by atomic mass is 35.5. The Morgan fingerprint density at radius 1 is 1.15 bits per heavy atom. The summed E-state index contributed by atoms with van der Waals surface area (Å²) in [5.74, 6) is 0. The third-order valence-electron chi connectivity index (χ3n) is 8.83. The van der Waals surface area contributed by atoms with Crippen molar-refractivity contribution in [2.75, 3.05) is 32.7 Å². The average Bonchev–Trinajstić information content (AvgIpc) is 3.40. The number of carbonyl (C=O) groups is 2. The number of aromatic nitrogens is 2. The second-order valence-electron chi connectivity index (χ2n) is 13.9. The molecule has 0 radical (unpaired) electrons. The van der Waals surface area contributed by atoms with Gasteiger partial charge in [-0.1, -0.05) is 67.8 Å². The number of nitrogens with one attached hydrogen (secondary N) is 5. The van der Waals surface area contributed by atoms with Gasteiger partial charge in [0.2, 0.25) is 0 Å². The Kier molecular flexibility index (Phi) is 14.1. The second-order valence-corrected chi connectivity index (χ2v) is 14.3. The number of aryl methyl sites for hydroxylation is 1. The number of rotatable bonds is 8. The van der Waals surface area contributed by atoms with Crippen LogP contribution in [0, 0.1) is 0 Å². The first kappa shape index (κ1) is 37.2. The molecule has 5 rings (SSSR count). The Bertz CT molecular complexity index is 1420. The fraction of sp³-hybridized carbons (Fsp3) is 0.541. The number of imidazole rings is 1. The van der Waals surface area contributed by atoms with Crippen LogP contribution in [0.4, 0.5) is 9.59 Å². The number of piperazine rings is 1. The molecule has 2 aliphatic carbocycles. The summed E-state index contributed by atoms with van der Waals surface area (Å²) in [7, 11) is 1.94. The van der Waals surface area contributed by atoms with Gasteiger partial charge in [0.05, 0.1) is 24.3 Å². The van der Waals surface area contributed by atoms with E-state index in [0.717, 1.165) is 75.2 Å². The van der Waals surface area contributed by atoms with Crippen LogP contribution in [0.1, 0.15) is 82.2 Å². The highest BCUT2D eigenvalue weighted by Gasteiger charge is 2.29. The van der Waals surface area contributed by atoms with Gasteiger partial charge >= 0.3 is 12.1 Å². The molecule has 1 aromatic carbocycles. The normalized spacial score (nSPS) is 19.2. The fourth-order valence-corrected chi connectivity index (χ4v) is 6.57. The minimum Gasteiger partial charge on any atom is -0.336 e. The minimum absolute atomic E-state index is 0.142. The van der Waals surface area contributed by atoms with Crippen LogP contribution in [-0.4, -0.2) is 76.9 Å². The van der Waals surface area contributed by atoms with Gasteiger partial charge in [0.25, 0.3) is 0 Å². The van der Waals surface area contributed by atoms with E-state index < -0.39 is 0 Å². The van der Waals surface area contributed by atoms with Crippen LogP contribution < -0.4 is 26.6 Å². The lowest BCUT2D eigenvalue weighted by Crippen LogP contribution is -2.52. The van der Waals surface area contributed by atoms with E-state index >= 15 is 0 Å². The predicted molar refractivity (Wildman–Crippen MR) is 196 cm³/mol. The summed E-state index contributed by atoms with van der Waals surface area (Å²) >= 11 is 6.43. The number of carbonyl (C=O) groups excluding carboxylic acids is 2. The Labute approximate surface area is 291 Å². The summed E-state index contributed by atoms with van der Waals surface area (Å²) in [5.41, 5.74) is 3.81. The standard InChI is InChI=1S/C26H34ClN5O.C11H21N3O/c1-6-7-8-13-29-20-11-12-21(22-15-19(27)10-9-18(22)14-20)24(23-16-28-17-32(23)5)30-25(33)31-26(2,3)4;15-11(14-8-6-12-7-9-14)13-10-4-2-1-3-5-10/h6-10,12,15-17,20,24,29H,1,11,13-14H2,2-5H3,(H2,30,31,33);10,12H,1-9H2,(H,13,15)/b8-7-;. The molecule has 1 aliphatic heterocycles. The van der Waals surface area contributed by atoms with E-state index in [2.05, 4.69) is 56.4 Å². The molecule has 1 saturated heterocycles. The van der Waals surface area contributed by atoms with Crippen molar-refractivity contribution in [3.63, 3.8) is 0 Å². The molecular weight excluding hydrogens is 624 g/mol. The molecule has 0 bridgehead atoms. The van der Waals surface area contributed by atoms with Crippen LogP contribution in [0.15, 0.2) is 61.6 Å². The summed E-state index contributed by atoms with van der Waals surface area (Å²) in [6, 6.07) is 6.23. The first-order chi connectivity index (χ1) is 23.0. The van der Waals surface area contributed by atoms with E-state index in [1.165, 1.54) is 24.8 Å². The second kappa shape index (κ2) is 18.2. The number of halogens is 1. The van der Waals surface area contributed by atoms with Gasteiger partial charge in [-0.2, -0.15) is 0 Å². The molecule has 0 spiro atoms. The van der Waals surface area contributed by atoms with Gasteiger partial charge in [-0.05, 0) is 75.3 Å². The van der Waals surface area contributed by atoms with Gasteiger partial charge in [0.15, 0.2) is 0 Å². The van der Waals surface area contributed by atoms with Gasteiger partial charge in [-0.15, -0.1) is 0 Å². The molecule has 1 saturated carbocycles. The molecule has 2 atom stereocenters. The summed E-state index contributed by atoms with van der Waals surface area (Å²) in [6.45, 7) is 13.9. The van der Waals surface area contributed by atoms with Gasteiger partial charge < -0.3 is 36.1 Å². The maximum atomic E-state index is 12.9. The van der Waals surface area contributed by atoms with E-state index in [9.17, 15) is 9.59 Å². The number of allylic oxidation sites excluding steroid dienone is 2. The number of nitrogens with zero attached hydrogens (tertiary/aromatic N) is 3. The molecule has 3 aliphatic rings. The first-order valence-corrected chi connectivity index (χ1v) is 17.7. The van der Waals surface area contributed by atoms with Crippen molar-refractivity contribution >= 4 is 29.2 Å². The highest BCUT2D eigenvalue weighted by molar-refractivity contribution is 6.30. The van der Waals surface area contributed by atoms with Gasteiger partial charge in [-0.25, -0.2) is 14.6 Å². The van der Waals surface area contributed by atoms with Crippen LogP contribution in [0.2, 0.25) is 5.02 Å². The van der Waals surface area contributed by atoms with Gasteiger partial charge in [0.1, 0.15) is 0 Å². The Hall–Kier alpha value is -3.60. The van der Waals surface area contributed by atoms with E-state index in [1.54, 1.807) is 18.6 Å². The van der Waals surface area contributed by atoms with Crippen LogP contribution in [0.3, 0.4) is 0 Å². The monoisotopic (exact) mass is 678 g/mol. The minimum atomic E-state index is -0.378. The number of hydrogen-bond donors (Lipinski definition) is 5. The van der Waals surface area contributed by atoms with Gasteiger partial charge in [0, 0.05) is 62.4 Å². The van der Waals surface area contributed by atoms with Crippen LogP contribution in [0.25, 0.3) is 5.57 Å². The van der Waals surface area contributed by atoms with Crippen molar-refractivity contribution < 1.29 is 9.59 Å². The highest BCUT2D eigenvalue weighted by Crippen LogP contribution is 2.36. The SMILES string of the molecule is C=C/C=C\CNC1CC=C(C(NC(=O)NC(C)(C)C)c2cncn2C)c2cc(Cl)ccc2C1.O=C(NC1CCCCC1)N1CCNCC1. The lowest BCUT2D eigenvalue weighted by atomic mass is 9.92. The smallest absolute Gasteiger partial charge is 0.317 e. The van der Waals surface area contributed by atoms with Crippen LogP contribution in [-0.2, 0) is 13.5 Å². The first-order valence-electron chi connectivity index (χ1n) is 17.3. The number of benzene rings is 1. The third-order valence-corrected chi connectivity index (χ3v) is 9.06.